The Hall–Kier alpha value is -2.63. The highest BCUT2D eigenvalue weighted by Gasteiger charge is 2.16. The van der Waals surface area contributed by atoms with E-state index in [4.69, 9.17) is 9.72 Å². The number of aromatic nitrogens is 4. The first-order chi connectivity index (χ1) is 11.6. The molecule has 0 saturated carbocycles. The van der Waals surface area contributed by atoms with E-state index in [9.17, 15) is 0 Å². The number of para-hydroxylation sites is 2. The van der Waals surface area contributed by atoms with Crippen molar-refractivity contribution in [2.45, 2.75) is 46.4 Å². The van der Waals surface area contributed by atoms with Crippen LogP contribution in [-0.2, 0) is 6.54 Å². The summed E-state index contributed by atoms with van der Waals surface area (Å²) in [5.41, 5.74) is 2.15. The molecule has 0 radical (unpaired) electrons. The van der Waals surface area contributed by atoms with E-state index < -0.39 is 0 Å². The average Bonchev–Trinajstić information content (AvgIpc) is 2.93. The molecule has 0 amide bonds. The van der Waals surface area contributed by atoms with E-state index in [-0.39, 0.29) is 12.1 Å². The third kappa shape index (κ3) is 3.32. The molecule has 0 saturated heterocycles. The molecule has 0 aliphatic heterocycles. The molecule has 0 aliphatic rings. The van der Waals surface area contributed by atoms with Crippen molar-refractivity contribution >= 4 is 16.9 Å². The molecule has 0 spiro atoms. The van der Waals surface area contributed by atoms with Gasteiger partial charge in [0.25, 0.3) is 0 Å². The Bertz CT molecular complexity index is 827. The third-order valence-electron chi connectivity index (χ3n) is 3.72. The van der Waals surface area contributed by atoms with Gasteiger partial charge in [-0.15, -0.1) is 0 Å². The van der Waals surface area contributed by atoms with Crippen molar-refractivity contribution in [2.75, 3.05) is 5.32 Å². The van der Waals surface area contributed by atoms with E-state index in [0.29, 0.717) is 11.7 Å². The fourth-order valence-corrected chi connectivity index (χ4v) is 2.76. The maximum atomic E-state index is 5.60. The molecule has 24 heavy (non-hydrogen) atoms. The lowest BCUT2D eigenvalue weighted by Gasteiger charge is -2.16. The average molecular weight is 325 g/mol. The number of aryl methyl sites for hydroxylation is 1. The lowest BCUT2D eigenvalue weighted by Crippen LogP contribution is -2.15. The molecule has 1 atom stereocenters. The Kier molecular flexibility index (Phi) is 4.64. The summed E-state index contributed by atoms with van der Waals surface area (Å²) in [6.45, 7) is 9.00. The van der Waals surface area contributed by atoms with Crippen molar-refractivity contribution in [3.05, 3.63) is 42.5 Å². The van der Waals surface area contributed by atoms with Crippen LogP contribution in [0.1, 0.15) is 39.6 Å². The van der Waals surface area contributed by atoms with Gasteiger partial charge in [0.15, 0.2) is 0 Å². The molecule has 1 unspecified atom stereocenters. The summed E-state index contributed by atoms with van der Waals surface area (Å²) in [6, 6.07) is 8.18. The van der Waals surface area contributed by atoms with Crippen LogP contribution in [0.25, 0.3) is 11.0 Å². The number of fused-ring (bicyclic) bond motifs is 1. The first-order valence-corrected chi connectivity index (χ1v) is 8.29. The van der Waals surface area contributed by atoms with Crippen LogP contribution in [0.3, 0.4) is 0 Å². The van der Waals surface area contributed by atoms with Crippen LogP contribution in [0.15, 0.2) is 36.7 Å². The monoisotopic (exact) mass is 325 g/mol. The largest absolute Gasteiger partial charge is 0.474 e. The molecule has 0 fully saturated rings. The van der Waals surface area contributed by atoms with E-state index in [2.05, 4.69) is 39.8 Å². The van der Waals surface area contributed by atoms with Gasteiger partial charge in [-0.05, 0) is 39.8 Å². The number of nitrogens with zero attached hydrogens (tertiary/aromatic N) is 4. The summed E-state index contributed by atoms with van der Waals surface area (Å²) < 4.78 is 7.82. The van der Waals surface area contributed by atoms with Gasteiger partial charge in [0.2, 0.25) is 5.88 Å². The molecule has 2 aromatic heterocycles. The molecule has 126 valence electrons. The van der Waals surface area contributed by atoms with E-state index in [1.807, 2.05) is 32.0 Å². The number of anilines is 1. The number of benzene rings is 1. The summed E-state index contributed by atoms with van der Waals surface area (Å²) in [5.74, 6) is 2.18. The highest BCUT2D eigenvalue weighted by atomic mass is 16.5. The lowest BCUT2D eigenvalue weighted by molar-refractivity contribution is 0.232. The van der Waals surface area contributed by atoms with Gasteiger partial charge in [0, 0.05) is 6.54 Å². The molecular weight excluding hydrogens is 302 g/mol. The number of nitrogens with one attached hydrogen (secondary N) is 1. The van der Waals surface area contributed by atoms with Gasteiger partial charge >= 0.3 is 0 Å². The summed E-state index contributed by atoms with van der Waals surface area (Å²) in [5, 5.41) is 3.37. The SMILES string of the molecule is CCn1c(C(C)Nc2cncc(OC(C)C)n2)nc2ccccc21. The van der Waals surface area contributed by atoms with Crippen LogP contribution in [0.4, 0.5) is 5.82 Å². The van der Waals surface area contributed by atoms with Crippen molar-refractivity contribution in [1.29, 1.82) is 0 Å². The second-order valence-electron chi connectivity index (χ2n) is 5.98. The Labute approximate surface area is 141 Å². The fraction of sp³-hybridized carbons (Fsp3) is 0.389. The molecule has 0 bridgehead atoms. The highest BCUT2D eigenvalue weighted by Crippen LogP contribution is 2.23. The number of rotatable bonds is 6. The van der Waals surface area contributed by atoms with Crippen LogP contribution in [0, 0.1) is 0 Å². The molecule has 2 heterocycles. The molecular formula is C18H23N5O. The van der Waals surface area contributed by atoms with Gasteiger partial charge in [-0.3, -0.25) is 4.98 Å². The number of imidazole rings is 1. The Morgan fingerprint density at radius 3 is 2.67 bits per heavy atom. The Morgan fingerprint density at radius 2 is 1.92 bits per heavy atom. The van der Waals surface area contributed by atoms with E-state index >= 15 is 0 Å². The number of ether oxygens (including phenoxy) is 1. The molecule has 0 aliphatic carbocycles. The quantitative estimate of drug-likeness (QED) is 0.746. The second-order valence-corrected chi connectivity index (χ2v) is 5.98. The molecule has 3 rings (SSSR count). The molecule has 1 aromatic carbocycles. The van der Waals surface area contributed by atoms with Gasteiger partial charge in [-0.25, -0.2) is 4.98 Å². The molecule has 6 heteroatoms. The van der Waals surface area contributed by atoms with Gasteiger partial charge in [-0.1, -0.05) is 12.1 Å². The summed E-state index contributed by atoms with van der Waals surface area (Å²) in [6.07, 6.45) is 3.39. The number of hydrogen-bond acceptors (Lipinski definition) is 5. The van der Waals surface area contributed by atoms with Crippen LogP contribution in [0.5, 0.6) is 5.88 Å². The molecule has 6 nitrogen and oxygen atoms in total. The van der Waals surface area contributed by atoms with Gasteiger partial charge in [0.1, 0.15) is 11.6 Å². The van der Waals surface area contributed by atoms with Crippen LogP contribution in [0.2, 0.25) is 0 Å². The van der Waals surface area contributed by atoms with Crippen molar-refractivity contribution in [3.63, 3.8) is 0 Å². The minimum atomic E-state index is 0.000880. The highest BCUT2D eigenvalue weighted by molar-refractivity contribution is 5.76. The fourth-order valence-electron chi connectivity index (χ4n) is 2.76. The van der Waals surface area contributed by atoms with Crippen LogP contribution in [-0.4, -0.2) is 25.6 Å². The number of hydrogen-bond donors (Lipinski definition) is 1. The normalized spacial score (nSPS) is 12.5. The first-order valence-electron chi connectivity index (χ1n) is 8.29. The van der Waals surface area contributed by atoms with Crippen LogP contribution >= 0.6 is 0 Å². The third-order valence-corrected chi connectivity index (χ3v) is 3.72. The Morgan fingerprint density at radius 1 is 1.12 bits per heavy atom. The Balaban J connectivity index is 1.86. The summed E-state index contributed by atoms with van der Waals surface area (Å²) in [4.78, 5) is 13.4. The van der Waals surface area contributed by atoms with Crippen molar-refractivity contribution < 1.29 is 4.74 Å². The van der Waals surface area contributed by atoms with Gasteiger partial charge < -0.3 is 14.6 Å². The minimum absolute atomic E-state index is 0.000880. The minimum Gasteiger partial charge on any atom is -0.474 e. The van der Waals surface area contributed by atoms with E-state index in [0.717, 1.165) is 23.4 Å². The maximum absolute atomic E-state index is 5.60. The van der Waals surface area contributed by atoms with Gasteiger partial charge in [0.05, 0.1) is 35.6 Å². The lowest BCUT2D eigenvalue weighted by atomic mass is 10.3. The zero-order valence-corrected chi connectivity index (χ0v) is 14.5. The topological polar surface area (TPSA) is 64.9 Å². The molecule has 1 N–H and O–H groups in total. The van der Waals surface area contributed by atoms with E-state index in [1.54, 1.807) is 12.4 Å². The molecule has 3 aromatic rings. The second kappa shape index (κ2) is 6.86. The predicted molar refractivity (Wildman–Crippen MR) is 95.2 cm³/mol. The van der Waals surface area contributed by atoms with Crippen molar-refractivity contribution in [1.82, 2.24) is 19.5 Å². The zero-order chi connectivity index (χ0) is 17.1. The zero-order valence-electron chi connectivity index (χ0n) is 14.5. The standard InChI is InChI=1S/C18H23N5O/c1-5-23-15-9-7-6-8-14(15)21-18(23)13(4)20-16-10-19-11-17(22-16)24-12(2)3/h6-13H,5H2,1-4H3,(H,20,22). The maximum Gasteiger partial charge on any atom is 0.234 e. The summed E-state index contributed by atoms with van der Waals surface area (Å²) >= 11 is 0. The van der Waals surface area contributed by atoms with Crippen molar-refractivity contribution in [3.8, 4) is 5.88 Å². The first kappa shape index (κ1) is 16.2. The summed E-state index contributed by atoms with van der Waals surface area (Å²) in [7, 11) is 0. The van der Waals surface area contributed by atoms with Crippen molar-refractivity contribution in [2.24, 2.45) is 0 Å². The smallest absolute Gasteiger partial charge is 0.234 e. The van der Waals surface area contributed by atoms with E-state index in [1.165, 1.54) is 0 Å². The van der Waals surface area contributed by atoms with Gasteiger partial charge in [-0.2, -0.15) is 4.98 Å². The predicted octanol–water partition coefficient (Wildman–Crippen LogP) is 3.81. The van der Waals surface area contributed by atoms with Crippen LogP contribution < -0.4 is 10.1 Å².